The lowest BCUT2D eigenvalue weighted by Crippen LogP contribution is -3.00. The number of β-amino-alcohol motifs (C(OH)–C–C–N with tert-alkyl or cyclic N) is 1. The van der Waals surface area contributed by atoms with E-state index < -0.39 is 6.10 Å². The molecule has 1 fully saturated rings. The molecule has 0 spiro atoms. The van der Waals surface area contributed by atoms with Gasteiger partial charge in [-0.15, -0.1) is 0 Å². The highest BCUT2D eigenvalue weighted by Crippen LogP contribution is 2.23. The predicted octanol–water partition coefficient (Wildman–Crippen LogP) is -1.87. The maximum atomic E-state index is 10.5. The fourth-order valence-corrected chi connectivity index (χ4v) is 3.12. The van der Waals surface area contributed by atoms with E-state index in [1.807, 2.05) is 6.07 Å². The van der Waals surface area contributed by atoms with Crippen LogP contribution in [0.15, 0.2) is 54.6 Å². The number of aliphatic hydroxyl groups is 1. The van der Waals surface area contributed by atoms with Crippen LogP contribution in [0.5, 0.6) is 0 Å². The number of hydrogen-bond acceptors (Lipinski definition) is 2. The number of nitrogens with zero attached hydrogens (tertiary/aromatic N) is 1. The average molecular weight is 455 g/mol. The summed E-state index contributed by atoms with van der Waals surface area (Å²) in [5.74, 6) is 0.832. The number of hydrogen-bond donors (Lipinski definition) is 1. The Morgan fingerprint density at radius 3 is 2.04 bits per heavy atom. The number of aliphatic hydroxyl groups excluding tert-OH is 1. The Bertz CT molecular complexity index is 580. The SMILES string of the molecule is CC1CCN(CC(O)c2ccc(-c3ccccc3)cc2)CC1.[Br-].[Br-]. The van der Waals surface area contributed by atoms with E-state index in [1.54, 1.807) is 0 Å². The van der Waals surface area contributed by atoms with Crippen LogP contribution in [0.3, 0.4) is 0 Å². The third-order valence-corrected chi connectivity index (χ3v) is 4.71. The van der Waals surface area contributed by atoms with Gasteiger partial charge in [0.15, 0.2) is 0 Å². The van der Waals surface area contributed by atoms with Crippen molar-refractivity contribution in [2.75, 3.05) is 19.6 Å². The van der Waals surface area contributed by atoms with Crippen LogP contribution in [0, 0.1) is 5.92 Å². The molecule has 2 nitrogen and oxygen atoms in total. The van der Waals surface area contributed by atoms with E-state index in [9.17, 15) is 5.11 Å². The molecule has 0 saturated carbocycles. The molecule has 1 N–H and O–H groups in total. The zero-order chi connectivity index (χ0) is 15.4. The zero-order valence-electron chi connectivity index (χ0n) is 14.0. The van der Waals surface area contributed by atoms with Gasteiger partial charge < -0.3 is 44.0 Å². The molecule has 0 aliphatic carbocycles. The summed E-state index contributed by atoms with van der Waals surface area (Å²) in [5.41, 5.74) is 3.43. The Kier molecular flexibility index (Phi) is 9.21. The van der Waals surface area contributed by atoms with Crippen LogP contribution < -0.4 is 34.0 Å². The fraction of sp³-hybridized carbons (Fsp3) is 0.400. The minimum absolute atomic E-state index is 0. The molecule has 1 aliphatic heterocycles. The third kappa shape index (κ3) is 5.69. The van der Waals surface area contributed by atoms with Gasteiger partial charge in [0.2, 0.25) is 0 Å². The van der Waals surface area contributed by atoms with E-state index in [-0.39, 0.29) is 34.0 Å². The molecule has 0 amide bonds. The summed E-state index contributed by atoms with van der Waals surface area (Å²) < 4.78 is 0. The molecule has 0 aromatic heterocycles. The molecular formula is C20H25Br2NO-2. The van der Waals surface area contributed by atoms with Gasteiger partial charge in [0.05, 0.1) is 6.10 Å². The minimum Gasteiger partial charge on any atom is -1.00 e. The van der Waals surface area contributed by atoms with E-state index >= 15 is 0 Å². The summed E-state index contributed by atoms with van der Waals surface area (Å²) in [4.78, 5) is 2.38. The standard InChI is InChI=1S/C20H25NO.2BrH/c1-16-11-13-21(14-12-16)15-20(22)19-9-7-18(8-10-19)17-5-3-2-4-6-17;;/h2-10,16,20,22H,11-15H2,1H3;2*1H/p-2. The first-order chi connectivity index (χ1) is 10.7. The summed E-state index contributed by atoms with van der Waals surface area (Å²) in [7, 11) is 0. The van der Waals surface area contributed by atoms with Crippen LogP contribution in [0.1, 0.15) is 31.4 Å². The molecule has 1 atom stereocenters. The highest BCUT2D eigenvalue weighted by Gasteiger charge is 2.19. The van der Waals surface area contributed by atoms with E-state index in [4.69, 9.17) is 0 Å². The van der Waals surface area contributed by atoms with Crippen LogP contribution in [0.25, 0.3) is 11.1 Å². The second-order valence-corrected chi connectivity index (χ2v) is 6.49. The molecule has 1 unspecified atom stereocenters. The molecule has 1 aliphatic rings. The van der Waals surface area contributed by atoms with Gasteiger partial charge in [-0.3, -0.25) is 0 Å². The maximum absolute atomic E-state index is 10.5. The Hall–Kier alpha value is -0.680. The van der Waals surface area contributed by atoms with Gasteiger partial charge in [-0.1, -0.05) is 61.5 Å². The molecular weight excluding hydrogens is 430 g/mol. The van der Waals surface area contributed by atoms with E-state index in [2.05, 4.69) is 60.4 Å². The van der Waals surface area contributed by atoms with Crippen molar-refractivity contribution in [2.24, 2.45) is 5.92 Å². The minimum atomic E-state index is -0.391. The first kappa shape index (κ1) is 21.4. The van der Waals surface area contributed by atoms with Gasteiger partial charge in [0, 0.05) is 6.54 Å². The molecule has 24 heavy (non-hydrogen) atoms. The summed E-state index contributed by atoms with van der Waals surface area (Å²) in [6, 6.07) is 18.7. The van der Waals surface area contributed by atoms with Crippen molar-refractivity contribution in [3.05, 3.63) is 60.2 Å². The molecule has 132 valence electrons. The fourth-order valence-electron chi connectivity index (χ4n) is 3.12. The van der Waals surface area contributed by atoms with Crippen molar-refractivity contribution in [2.45, 2.75) is 25.9 Å². The first-order valence-corrected chi connectivity index (χ1v) is 8.28. The molecule has 4 heteroatoms. The van der Waals surface area contributed by atoms with Crippen molar-refractivity contribution < 1.29 is 39.1 Å². The lowest BCUT2D eigenvalue weighted by molar-refractivity contribution is -0.001000. The number of benzene rings is 2. The second-order valence-electron chi connectivity index (χ2n) is 6.49. The number of rotatable bonds is 4. The topological polar surface area (TPSA) is 23.5 Å². The van der Waals surface area contributed by atoms with E-state index in [0.29, 0.717) is 0 Å². The normalized spacial score (nSPS) is 16.8. The maximum Gasteiger partial charge on any atom is 0.0916 e. The average Bonchev–Trinajstić information content (AvgIpc) is 2.58. The number of likely N-dealkylation sites (tertiary alicyclic amines) is 1. The summed E-state index contributed by atoms with van der Waals surface area (Å²) in [6.07, 6.45) is 2.11. The Morgan fingerprint density at radius 1 is 0.917 bits per heavy atom. The van der Waals surface area contributed by atoms with Crippen molar-refractivity contribution >= 4 is 0 Å². The van der Waals surface area contributed by atoms with Gasteiger partial charge >= 0.3 is 0 Å². The monoisotopic (exact) mass is 453 g/mol. The van der Waals surface area contributed by atoms with Gasteiger partial charge in [-0.2, -0.15) is 0 Å². The molecule has 1 heterocycles. The molecule has 2 aromatic carbocycles. The molecule has 1 saturated heterocycles. The van der Waals surface area contributed by atoms with Gasteiger partial charge in [0.25, 0.3) is 0 Å². The van der Waals surface area contributed by atoms with E-state index in [1.165, 1.54) is 24.0 Å². The third-order valence-electron chi connectivity index (χ3n) is 4.71. The molecule has 0 bridgehead atoms. The predicted molar refractivity (Wildman–Crippen MR) is 91.7 cm³/mol. The summed E-state index contributed by atoms with van der Waals surface area (Å²) in [6.45, 7) is 5.29. The van der Waals surface area contributed by atoms with Crippen LogP contribution in [0.2, 0.25) is 0 Å². The van der Waals surface area contributed by atoms with Crippen LogP contribution in [0.4, 0.5) is 0 Å². The van der Waals surface area contributed by atoms with Crippen molar-refractivity contribution in [3.8, 4) is 11.1 Å². The highest BCUT2D eigenvalue weighted by molar-refractivity contribution is 5.63. The van der Waals surface area contributed by atoms with Crippen molar-refractivity contribution in [1.82, 2.24) is 4.90 Å². The van der Waals surface area contributed by atoms with Crippen LogP contribution in [-0.4, -0.2) is 29.6 Å². The van der Waals surface area contributed by atoms with Gasteiger partial charge in [-0.05, 0) is 48.5 Å². The lowest BCUT2D eigenvalue weighted by atomic mass is 9.98. The molecule has 2 aromatic rings. The quantitative estimate of drug-likeness (QED) is 0.585. The largest absolute Gasteiger partial charge is 1.00 e. The molecule has 0 radical (unpaired) electrons. The van der Waals surface area contributed by atoms with Crippen LogP contribution >= 0.6 is 0 Å². The van der Waals surface area contributed by atoms with Gasteiger partial charge in [-0.25, -0.2) is 0 Å². The summed E-state index contributed by atoms with van der Waals surface area (Å²) >= 11 is 0. The number of halogens is 2. The highest BCUT2D eigenvalue weighted by atomic mass is 79.9. The van der Waals surface area contributed by atoms with Crippen LogP contribution in [-0.2, 0) is 0 Å². The Labute approximate surface area is 166 Å². The van der Waals surface area contributed by atoms with Gasteiger partial charge in [0.1, 0.15) is 0 Å². The van der Waals surface area contributed by atoms with Crippen molar-refractivity contribution in [3.63, 3.8) is 0 Å². The first-order valence-electron chi connectivity index (χ1n) is 8.28. The smallest absolute Gasteiger partial charge is 0.0916 e. The van der Waals surface area contributed by atoms with Crippen molar-refractivity contribution in [1.29, 1.82) is 0 Å². The lowest BCUT2D eigenvalue weighted by Gasteiger charge is -2.31. The van der Waals surface area contributed by atoms with E-state index in [0.717, 1.165) is 31.1 Å². The zero-order valence-corrected chi connectivity index (χ0v) is 17.2. The molecule has 3 rings (SSSR count). The Balaban J connectivity index is 0.00000144. The number of piperidine rings is 1. The second kappa shape index (κ2) is 10.3. The summed E-state index contributed by atoms with van der Waals surface area (Å²) in [5, 5.41) is 10.5. The Morgan fingerprint density at radius 2 is 1.46 bits per heavy atom.